The zero-order chi connectivity index (χ0) is 24.8. The number of nitrogens with one attached hydrogen (secondary N) is 1. The molecule has 0 fully saturated rings. The first-order valence-electron chi connectivity index (χ1n) is 11.5. The van der Waals surface area contributed by atoms with Gasteiger partial charge in [-0.25, -0.2) is 5.43 Å². The third-order valence-electron chi connectivity index (χ3n) is 5.96. The zero-order valence-electron chi connectivity index (χ0n) is 19.8. The number of hydrogen-bond donors (Lipinski definition) is 2. The number of halogens is 1. The van der Waals surface area contributed by atoms with Crippen LogP contribution in [0.4, 0.5) is 0 Å². The summed E-state index contributed by atoms with van der Waals surface area (Å²) in [4.78, 5) is 14.8. The van der Waals surface area contributed by atoms with E-state index >= 15 is 0 Å². The molecule has 0 spiro atoms. The third kappa shape index (κ3) is 6.07. The Bertz CT molecular complexity index is 1350. The van der Waals surface area contributed by atoms with Crippen LogP contribution in [0.3, 0.4) is 0 Å². The fourth-order valence-electron chi connectivity index (χ4n) is 3.97. The number of phenols is 1. The minimum atomic E-state index is -0.405. The molecule has 0 bridgehead atoms. The molecule has 4 rings (SSSR count). The zero-order valence-corrected chi connectivity index (χ0v) is 20.5. The van der Waals surface area contributed by atoms with Gasteiger partial charge in [0, 0.05) is 30.3 Å². The second kappa shape index (κ2) is 11.2. The van der Waals surface area contributed by atoms with E-state index in [1.165, 1.54) is 29.3 Å². The Morgan fingerprint density at radius 2 is 1.69 bits per heavy atom. The molecule has 4 aromatic carbocycles. The number of aromatic hydroxyl groups is 1. The molecule has 0 radical (unpaired) electrons. The highest BCUT2D eigenvalue weighted by Gasteiger charge is 2.14. The standard InChI is InChI=1S/C29H28ClN3O2/c1-20(2)33(18-21-8-4-3-5-9-21)19-24-13-12-23(25-10-6-7-11-26(24)25)17-31-32-29(35)22-14-15-28(34)27(30)16-22/h3-17,20,34H,18-19H2,1-2H3,(H,32,35). The van der Waals surface area contributed by atoms with E-state index in [9.17, 15) is 9.90 Å². The molecule has 2 N–H and O–H groups in total. The molecule has 5 nitrogen and oxygen atoms in total. The SMILES string of the molecule is CC(C)N(Cc1ccccc1)Cc1ccc(C=NNC(=O)c2ccc(O)c(Cl)c2)c2ccccc12. The first-order valence-corrected chi connectivity index (χ1v) is 11.9. The van der Waals surface area contributed by atoms with Crippen LogP contribution in [-0.4, -0.2) is 28.2 Å². The molecule has 0 aromatic heterocycles. The maximum atomic E-state index is 12.4. The lowest BCUT2D eigenvalue weighted by Gasteiger charge is -2.27. The molecule has 0 aliphatic carbocycles. The monoisotopic (exact) mass is 485 g/mol. The largest absolute Gasteiger partial charge is 0.506 e. The van der Waals surface area contributed by atoms with Crippen molar-refractivity contribution >= 4 is 34.5 Å². The van der Waals surface area contributed by atoms with Gasteiger partial charge in [-0.05, 0) is 53.9 Å². The summed E-state index contributed by atoms with van der Waals surface area (Å²) in [6.07, 6.45) is 1.65. The second-order valence-corrected chi connectivity index (χ2v) is 9.12. The highest BCUT2D eigenvalue weighted by Crippen LogP contribution is 2.25. The lowest BCUT2D eigenvalue weighted by molar-refractivity contribution is 0.0955. The van der Waals surface area contributed by atoms with E-state index in [0.717, 1.165) is 29.4 Å². The number of fused-ring (bicyclic) bond motifs is 1. The average molecular weight is 486 g/mol. The highest BCUT2D eigenvalue weighted by atomic mass is 35.5. The van der Waals surface area contributed by atoms with Gasteiger partial charge in [-0.1, -0.05) is 78.3 Å². The van der Waals surface area contributed by atoms with Gasteiger partial charge in [-0.15, -0.1) is 0 Å². The Balaban J connectivity index is 1.54. The summed E-state index contributed by atoms with van der Waals surface area (Å²) >= 11 is 5.90. The topological polar surface area (TPSA) is 64.9 Å². The van der Waals surface area contributed by atoms with Crippen molar-refractivity contribution < 1.29 is 9.90 Å². The van der Waals surface area contributed by atoms with Crippen molar-refractivity contribution in [3.05, 3.63) is 112 Å². The van der Waals surface area contributed by atoms with Crippen LogP contribution in [0.1, 0.15) is 40.9 Å². The van der Waals surface area contributed by atoms with Crippen molar-refractivity contribution in [2.45, 2.75) is 33.0 Å². The Morgan fingerprint density at radius 3 is 2.40 bits per heavy atom. The van der Waals surface area contributed by atoms with Crippen molar-refractivity contribution in [2.24, 2.45) is 5.10 Å². The van der Waals surface area contributed by atoms with E-state index in [1.807, 2.05) is 24.3 Å². The number of hydrogen-bond acceptors (Lipinski definition) is 4. The summed E-state index contributed by atoms with van der Waals surface area (Å²) in [5, 5.41) is 16.0. The van der Waals surface area contributed by atoms with Gasteiger partial charge in [0.15, 0.2) is 0 Å². The summed E-state index contributed by atoms with van der Waals surface area (Å²) in [7, 11) is 0. The summed E-state index contributed by atoms with van der Waals surface area (Å²) < 4.78 is 0. The molecule has 0 atom stereocenters. The van der Waals surface area contributed by atoms with Crippen molar-refractivity contribution in [1.29, 1.82) is 0 Å². The minimum Gasteiger partial charge on any atom is -0.506 e. The average Bonchev–Trinajstić information content (AvgIpc) is 2.86. The summed E-state index contributed by atoms with van der Waals surface area (Å²) in [5.41, 5.74) is 6.29. The van der Waals surface area contributed by atoms with Crippen molar-refractivity contribution in [3.63, 3.8) is 0 Å². The molecule has 6 heteroatoms. The molecule has 0 heterocycles. The van der Waals surface area contributed by atoms with Crippen molar-refractivity contribution in [2.75, 3.05) is 0 Å². The molecule has 4 aromatic rings. The molecule has 0 aliphatic heterocycles. The molecule has 0 saturated heterocycles. The Kier molecular flexibility index (Phi) is 7.80. The number of carbonyl (C=O) groups excluding carboxylic acids is 1. The number of hydrazone groups is 1. The first kappa shape index (κ1) is 24.5. The molecular weight excluding hydrogens is 458 g/mol. The molecule has 0 saturated carbocycles. The normalized spacial score (nSPS) is 11.6. The number of phenolic OH excluding ortho intramolecular Hbond substituents is 1. The van der Waals surface area contributed by atoms with Crippen LogP contribution in [0.15, 0.2) is 90.0 Å². The van der Waals surface area contributed by atoms with Crippen LogP contribution >= 0.6 is 11.6 Å². The maximum absolute atomic E-state index is 12.4. The smallest absolute Gasteiger partial charge is 0.271 e. The van der Waals surface area contributed by atoms with Gasteiger partial charge in [0.05, 0.1) is 11.2 Å². The summed E-state index contributed by atoms with van der Waals surface area (Å²) in [6.45, 7) is 6.14. The third-order valence-corrected chi connectivity index (χ3v) is 6.26. The van der Waals surface area contributed by atoms with E-state index in [1.54, 1.807) is 6.21 Å². The van der Waals surface area contributed by atoms with E-state index in [0.29, 0.717) is 11.6 Å². The van der Waals surface area contributed by atoms with Gasteiger partial charge in [-0.2, -0.15) is 5.10 Å². The fourth-order valence-corrected chi connectivity index (χ4v) is 4.15. The maximum Gasteiger partial charge on any atom is 0.271 e. The predicted molar refractivity (Wildman–Crippen MR) is 143 cm³/mol. The van der Waals surface area contributed by atoms with Crippen LogP contribution < -0.4 is 5.43 Å². The van der Waals surface area contributed by atoms with Gasteiger partial charge < -0.3 is 5.11 Å². The highest BCUT2D eigenvalue weighted by molar-refractivity contribution is 6.32. The molecule has 0 aliphatic rings. The van der Waals surface area contributed by atoms with E-state index < -0.39 is 5.91 Å². The molecule has 1 amide bonds. The summed E-state index contributed by atoms with van der Waals surface area (Å²) in [6, 6.07) is 27.6. The van der Waals surface area contributed by atoms with E-state index in [4.69, 9.17) is 11.6 Å². The van der Waals surface area contributed by atoms with Crippen LogP contribution in [0.25, 0.3) is 10.8 Å². The number of nitrogens with zero attached hydrogens (tertiary/aromatic N) is 2. The fraction of sp³-hybridized carbons (Fsp3) is 0.172. The van der Waals surface area contributed by atoms with Gasteiger partial charge >= 0.3 is 0 Å². The van der Waals surface area contributed by atoms with Crippen molar-refractivity contribution in [1.82, 2.24) is 10.3 Å². The Labute approximate surface area is 210 Å². The molecule has 35 heavy (non-hydrogen) atoms. The Morgan fingerprint density at radius 1 is 0.971 bits per heavy atom. The van der Waals surface area contributed by atoms with Crippen LogP contribution in [-0.2, 0) is 13.1 Å². The summed E-state index contributed by atoms with van der Waals surface area (Å²) in [5.74, 6) is -0.476. The van der Waals surface area contributed by atoms with Gasteiger partial charge in [0.1, 0.15) is 5.75 Å². The Hall–Kier alpha value is -3.67. The number of benzene rings is 4. The lowest BCUT2D eigenvalue weighted by Crippen LogP contribution is -2.29. The van der Waals surface area contributed by atoms with Crippen LogP contribution in [0.5, 0.6) is 5.75 Å². The lowest BCUT2D eigenvalue weighted by atomic mass is 9.99. The minimum absolute atomic E-state index is 0.0712. The van der Waals surface area contributed by atoms with Crippen molar-refractivity contribution in [3.8, 4) is 5.75 Å². The van der Waals surface area contributed by atoms with Crippen LogP contribution in [0.2, 0.25) is 5.02 Å². The second-order valence-electron chi connectivity index (χ2n) is 8.71. The molecule has 178 valence electrons. The van der Waals surface area contributed by atoms with Gasteiger partial charge in [-0.3, -0.25) is 9.69 Å². The van der Waals surface area contributed by atoms with Crippen LogP contribution in [0, 0.1) is 0 Å². The number of carbonyl (C=O) groups is 1. The van der Waals surface area contributed by atoms with E-state index in [-0.39, 0.29) is 10.8 Å². The van der Waals surface area contributed by atoms with Gasteiger partial charge in [0.25, 0.3) is 5.91 Å². The molecule has 0 unspecified atom stereocenters. The van der Waals surface area contributed by atoms with Gasteiger partial charge in [0.2, 0.25) is 0 Å². The number of amides is 1. The predicted octanol–water partition coefficient (Wildman–Crippen LogP) is 6.37. The molecular formula is C29H28ClN3O2. The first-order chi connectivity index (χ1) is 16.9. The number of rotatable bonds is 8. The van der Waals surface area contributed by atoms with E-state index in [2.05, 4.69) is 71.7 Å². The quantitative estimate of drug-likeness (QED) is 0.225.